The van der Waals surface area contributed by atoms with Gasteiger partial charge in [-0.1, -0.05) is 18.5 Å². The van der Waals surface area contributed by atoms with E-state index in [1.54, 1.807) is 18.6 Å². The third-order valence-corrected chi connectivity index (χ3v) is 7.39. The quantitative estimate of drug-likeness (QED) is 0.454. The van der Waals surface area contributed by atoms with E-state index in [0.29, 0.717) is 22.8 Å². The zero-order chi connectivity index (χ0) is 20.9. The lowest BCUT2D eigenvalue weighted by molar-refractivity contribution is 0.556. The van der Waals surface area contributed by atoms with Gasteiger partial charge in [-0.15, -0.1) is 0 Å². The lowest BCUT2D eigenvalue weighted by Crippen LogP contribution is -2.30. The molecule has 2 unspecified atom stereocenters. The van der Waals surface area contributed by atoms with Gasteiger partial charge in [-0.05, 0) is 43.1 Å². The highest BCUT2D eigenvalue weighted by Gasteiger charge is 2.37. The van der Waals surface area contributed by atoms with Crippen LogP contribution >= 0.6 is 23.4 Å². The number of fused-ring (bicyclic) bond motifs is 3. The lowest BCUT2D eigenvalue weighted by atomic mass is 10.1. The molecule has 2 saturated heterocycles. The van der Waals surface area contributed by atoms with Crippen molar-refractivity contribution in [3.05, 3.63) is 35.4 Å². The van der Waals surface area contributed by atoms with Crippen molar-refractivity contribution in [3.8, 4) is 0 Å². The van der Waals surface area contributed by atoms with Crippen LogP contribution in [0.25, 0.3) is 22.2 Å². The number of nitrogens with one attached hydrogen (secondary N) is 2. The summed E-state index contributed by atoms with van der Waals surface area (Å²) in [4.78, 5) is 29.5. The van der Waals surface area contributed by atoms with Crippen LogP contribution in [0.1, 0.15) is 19.0 Å². The maximum Gasteiger partial charge on any atom is 0.196 e. The fourth-order valence-electron chi connectivity index (χ4n) is 4.61. The van der Waals surface area contributed by atoms with Crippen molar-refractivity contribution in [2.45, 2.75) is 35.9 Å². The van der Waals surface area contributed by atoms with E-state index < -0.39 is 0 Å². The summed E-state index contributed by atoms with van der Waals surface area (Å²) in [5.41, 5.74) is 3.16. The molecule has 158 valence electrons. The normalized spacial score (nSPS) is 20.8. The Hall–Kier alpha value is -2.49. The molecular weight excluding hydrogens is 432 g/mol. The summed E-state index contributed by atoms with van der Waals surface area (Å²) in [5, 5.41) is 5.94. The number of hydrogen-bond acceptors (Lipinski definition) is 8. The highest BCUT2D eigenvalue weighted by atomic mass is 35.5. The Bertz CT molecular complexity index is 1280. The van der Waals surface area contributed by atoms with Crippen molar-refractivity contribution in [1.82, 2.24) is 35.2 Å². The molecule has 2 aliphatic heterocycles. The van der Waals surface area contributed by atoms with Crippen molar-refractivity contribution in [3.63, 3.8) is 0 Å². The average Bonchev–Trinajstić information content (AvgIpc) is 3.47. The summed E-state index contributed by atoms with van der Waals surface area (Å²) in [6.07, 6.45) is 7.13. The number of aromatic nitrogens is 6. The Morgan fingerprint density at radius 1 is 1.19 bits per heavy atom. The Kier molecular flexibility index (Phi) is 4.70. The van der Waals surface area contributed by atoms with Crippen molar-refractivity contribution in [1.29, 1.82) is 0 Å². The molecule has 6 heterocycles. The molecule has 2 atom stereocenters. The SMILES string of the molecule is CCc1[nH]c2nc(Sc3cnc4nccnc4c3)nc(N3CC4CCNC4C3)c2c1Cl. The molecule has 4 aromatic heterocycles. The summed E-state index contributed by atoms with van der Waals surface area (Å²) in [7, 11) is 0. The molecular formula is C21H21ClN8S. The van der Waals surface area contributed by atoms with Gasteiger partial charge < -0.3 is 15.2 Å². The molecule has 0 amide bonds. The maximum atomic E-state index is 6.75. The monoisotopic (exact) mass is 452 g/mol. The number of anilines is 1. The van der Waals surface area contributed by atoms with Gasteiger partial charge in [0.1, 0.15) is 17.0 Å². The molecule has 10 heteroatoms. The van der Waals surface area contributed by atoms with Gasteiger partial charge in [-0.2, -0.15) is 0 Å². The Labute approximate surface area is 188 Å². The van der Waals surface area contributed by atoms with Crippen LogP contribution in [0.3, 0.4) is 0 Å². The van der Waals surface area contributed by atoms with Crippen molar-refractivity contribution < 1.29 is 0 Å². The van der Waals surface area contributed by atoms with Gasteiger partial charge in [0, 0.05) is 48.3 Å². The van der Waals surface area contributed by atoms with E-state index in [9.17, 15) is 0 Å². The zero-order valence-electron chi connectivity index (χ0n) is 17.0. The summed E-state index contributed by atoms with van der Waals surface area (Å²) < 4.78 is 0. The molecule has 2 fully saturated rings. The molecule has 0 aliphatic carbocycles. The van der Waals surface area contributed by atoms with Gasteiger partial charge in [0.2, 0.25) is 0 Å². The summed E-state index contributed by atoms with van der Waals surface area (Å²) in [6.45, 7) is 5.12. The summed E-state index contributed by atoms with van der Waals surface area (Å²) in [5.74, 6) is 1.57. The van der Waals surface area contributed by atoms with Crippen molar-refractivity contribution in [2.75, 3.05) is 24.5 Å². The minimum Gasteiger partial charge on any atom is -0.354 e. The molecule has 0 saturated carbocycles. The molecule has 8 nitrogen and oxygen atoms in total. The summed E-state index contributed by atoms with van der Waals surface area (Å²) >= 11 is 8.23. The van der Waals surface area contributed by atoms with E-state index in [-0.39, 0.29) is 0 Å². The van der Waals surface area contributed by atoms with Crippen LogP contribution in [0, 0.1) is 5.92 Å². The number of aryl methyl sites for hydroxylation is 1. The van der Waals surface area contributed by atoms with Gasteiger partial charge in [0.25, 0.3) is 0 Å². The van der Waals surface area contributed by atoms with Crippen molar-refractivity contribution >= 4 is 51.4 Å². The topological polar surface area (TPSA) is 95.5 Å². The smallest absolute Gasteiger partial charge is 0.196 e. The second kappa shape index (κ2) is 7.58. The number of H-pyrrole nitrogens is 1. The first-order valence-corrected chi connectivity index (χ1v) is 11.7. The van der Waals surface area contributed by atoms with Crippen LogP contribution in [0.5, 0.6) is 0 Å². The fraction of sp³-hybridized carbons (Fsp3) is 0.381. The predicted molar refractivity (Wildman–Crippen MR) is 122 cm³/mol. The molecule has 0 aromatic carbocycles. The minimum absolute atomic E-state index is 0.521. The van der Waals surface area contributed by atoms with Gasteiger partial charge in [-0.25, -0.2) is 19.9 Å². The standard InChI is InChI=1S/C21H21ClN8S/c1-2-13-17(22)16-19(27-13)28-21(29-20(16)30-9-11-3-4-23-15(11)10-30)31-12-7-14-18(26-8-12)25-6-5-24-14/h5-8,11,15,23H,2-4,9-10H2,1H3,(H,27,28,29). The second-order valence-corrected chi connectivity index (χ2v) is 9.43. The van der Waals surface area contributed by atoms with Gasteiger partial charge in [-0.3, -0.25) is 4.98 Å². The van der Waals surface area contributed by atoms with Gasteiger partial charge in [0.15, 0.2) is 10.8 Å². The maximum absolute atomic E-state index is 6.75. The average molecular weight is 453 g/mol. The highest BCUT2D eigenvalue weighted by Crippen LogP contribution is 2.39. The van der Waals surface area contributed by atoms with Crippen LogP contribution < -0.4 is 10.2 Å². The number of hydrogen-bond donors (Lipinski definition) is 2. The van der Waals surface area contributed by atoms with E-state index in [1.165, 1.54) is 18.2 Å². The molecule has 2 N–H and O–H groups in total. The fourth-order valence-corrected chi connectivity index (χ4v) is 5.72. The predicted octanol–water partition coefficient (Wildman–Crippen LogP) is 3.46. The van der Waals surface area contributed by atoms with Crippen LogP contribution in [0.15, 0.2) is 34.7 Å². The molecule has 0 spiro atoms. The molecule has 0 radical (unpaired) electrons. The highest BCUT2D eigenvalue weighted by molar-refractivity contribution is 7.99. The van der Waals surface area contributed by atoms with E-state index in [4.69, 9.17) is 21.6 Å². The number of halogens is 1. The van der Waals surface area contributed by atoms with E-state index in [0.717, 1.165) is 64.0 Å². The molecule has 4 aromatic rings. The largest absolute Gasteiger partial charge is 0.354 e. The zero-order valence-corrected chi connectivity index (χ0v) is 18.5. The third-order valence-electron chi connectivity index (χ3n) is 6.15. The first-order valence-electron chi connectivity index (χ1n) is 10.5. The Balaban J connectivity index is 1.42. The van der Waals surface area contributed by atoms with Crippen LogP contribution in [0.2, 0.25) is 5.02 Å². The van der Waals surface area contributed by atoms with Crippen LogP contribution in [-0.2, 0) is 6.42 Å². The lowest BCUT2D eigenvalue weighted by Gasteiger charge is -2.20. The number of pyridine rings is 1. The van der Waals surface area contributed by atoms with E-state index in [2.05, 4.69) is 37.1 Å². The number of nitrogens with zero attached hydrogens (tertiary/aromatic N) is 6. The Morgan fingerprint density at radius 2 is 2.10 bits per heavy atom. The van der Waals surface area contributed by atoms with Crippen molar-refractivity contribution in [2.24, 2.45) is 5.92 Å². The number of aromatic amines is 1. The third kappa shape index (κ3) is 3.31. The van der Waals surface area contributed by atoms with Crippen LogP contribution in [0.4, 0.5) is 5.82 Å². The first kappa shape index (κ1) is 19.2. The molecule has 6 rings (SSSR count). The van der Waals surface area contributed by atoms with E-state index >= 15 is 0 Å². The second-order valence-electron chi connectivity index (χ2n) is 8.01. The molecule has 31 heavy (non-hydrogen) atoms. The molecule has 0 bridgehead atoms. The molecule has 2 aliphatic rings. The van der Waals surface area contributed by atoms with Gasteiger partial charge in [0.05, 0.1) is 10.4 Å². The minimum atomic E-state index is 0.521. The summed E-state index contributed by atoms with van der Waals surface area (Å²) in [6, 6.07) is 2.49. The van der Waals surface area contributed by atoms with Gasteiger partial charge >= 0.3 is 0 Å². The first-order chi connectivity index (χ1) is 15.2. The van der Waals surface area contributed by atoms with Crippen LogP contribution in [-0.4, -0.2) is 55.6 Å². The van der Waals surface area contributed by atoms with E-state index in [1.807, 2.05) is 6.07 Å². The Morgan fingerprint density at radius 3 is 2.97 bits per heavy atom. The number of rotatable bonds is 4.